The van der Waals surface area contributed by atoms with Crippen LogP contribution in [0.1, 0.15) is 50.9 Å². The van der Waals surface area contributed by atoms with Gasteiger partial charge >= 0.3 is 5.97 Å². The average Bonchev–Trinajstić information content (AvgIpc) is 3.50. The smallest absolute Gasteiger partial charge is 0.336 e. The number of carbonyl (C=O) groups is 2. The Morgan fingerprint density at radius 1 is 1.16 bits per heavy atom. The van der Waals surface area contributed by atoms with Crippen LogP contribution in [0.2, 0.25) is 0 Å². The maximum Gasteiger partial charge on any atom is 0.336 e. The van der Waals surface area contributed by atoms with E-state index in [2.05, 4.69) is 15.0 Å². The third kappa shape index (κ3) is 5.06. The highest BCUT2D eigenvalue weighted by Crippen LogP contribution is 2.32. The Labute approximate surface area is 217 Å². The van der Waals surface area contributed by atoms with Gasteiger partial charge in [0.2, 0.25) is 0 Å². The highest BCUT2D eigenvalue weighted by Gasteiger charge is 2.36. The van der Waals surface area contributed by atoms with E-state index in [-0.39, 0.29) is 41.9 Å². The molecule has 11 nitrogen and oxygen atoms in total. The van der Waals surface area contributed by atoms with Crippen LogP contribution in [0.4, 0.5) is 5.82 Å². The number of hydrogen-bond donors (Lipinski definition) is 3. The number of ketones is 1. The largest absolute Gasteiger partial charge is 0.491 e. The van der Waals surface area contributed by atoms with Gasteiger partial charge in [0, 0.05) is 18.4 Å². The normalized spacial score (nSPS) is 19.1. The number of carbonyl (C=O) groups excluding carboxylic acids is 1. The molecular formula is C27H27N5O6. The second-order valence-corrected chi connectivity index (χ2v) is 9.22. The number of carboxylic acid groups (broad SMARTS) is 1. The summed E-state index contributed by atoms with van der Waals surface area (Å²) in [5.74, 6) is -0.454. The van der Waals surface area contributed by atoms with Gasteiger partial charge in [-0.1, -0.05) is 30.3 Å². The van der Waals surface area contributed by atoms with Gasteiger partial charge < -0.3 is 25.4 Å². The number of nitrogen functional groups attached to an aromatic ring is 1. The van der Waals surface area contributed by atoms with Crippen LogP contribution in [0, 0.1) is 6.92 Å². The van der Waals surface area contributed by atoms with Gasteiger partial charge in [-0.15, -0.1) is 0 Å². The van der Waals surface area contributed by atoms with Crippen LogP contribution >= 0.6 is 0 Å². The number of ether oxygens (including phenoxy) is 2. The number of fused-ring (bicyclic) bond motifs is 1. The van der Waals surface area contributed by atoms with Crippen molar-refractivity contribution in [2.75, 3.05) is 12.3 Å². The van der Waals surface area contributed by atoms with Gasteiger partial charge in [-0.05, 0) is 36.6 Å². The van der Waals surface area contributed by atoms with Crippen molar-refractivity contribution in [1.82, 2.24) is 19.5 Å². The lowest BCUT2D eigenvalue weighted by molar-refractivity contribution is -0.0458. The van der Waals surface area contributed by atoms with Crippen molar-refractivity contribution >= 4 is 28.7 Å². The maximum atomic E-state index is 12.7. The van der Waals surface area contributed by atoms with Crippen molar-refractivity contribution in [2.45, 2.75) is 44.6 Å². The zero-order valence-electron chi connectivity index (χ0n) is 20.7. The number of aromatic carboxylic acids is 1. The molecule has 0 saturated carbocycles. The third-order valence-corrected chi connectivity index (χ3v) is 6.60. The molecule has 0 radical (unpaired) electrons. The number of aryl methyl sites for hydroxylation is 2. The molecule has 0 aliphatic carbocycles. The lowest BCUT2D eigenvalue weighted by atomic mass is 9.98. The molecule has 3 heterocycles. The van der Waals surface area contributed by atoms with Crippen molar-refractivity contribution in [3.8, 4) is 5.75 Å². The Balaban J connectivity index is 1.21. The second-order valence-electron chi connectivity index (χ2n) is 9.22. The standard InChI is InChI=1S/C27H27N5O6/c1-15-6-7-16(8-9-20(33)18-4-2-3-5-19(18)27(35)36)10-22(15)37-12-17-11-21(34)26(38-17)32-14-31-23-24(28)29-13-30-25(23)32/h2-7,10,13-14,17,21,26,34H,8-9,11-12H2,1H3,(H,35,36)(H2,28,29,30)/t17-,21+,26+/m0/s1. The lowest BCUT2D eigenvalue weighted by Crippen LogP contribution is -2.20. The van der Waals surface area contributed by atoms with E-state index in [1.54, 1.807) is 16.7 Å². The zero-order valence-corrected chi connectivity index (χ0v) is 20.7. The van der Waals surface area contributed by atoms with Crippen molar-refractivity contribution in [2.24, 2.45) is 0 Å². The molecule has 1 aliphatic heterocycles. The molecule has 4 N–H and O–H groups in total. The topological polar surface area (TPSA) is 163 Å². The van der Waals surface area contributed by atoms with Crippen LogP contribution in [0.25, 0.3) is 11.2 Å². The number of nitrogens with zero attached hydrogens (tertiary/aromatic N) is 4. The number of nitrogens with two attached hydrogens (primary N) is 1. The van der Waals surface area contributed by atoms with E-state index in [1.807, 2.05) is 25.1 Å². The predicted molar refractivity (Wildman–Crippen MR) is 137 cm³/mol. The molecule has 0 bridgehead atoms. The molecule has 0 spiro atoms. The first-order chi connectivity index (χ1) is 18.3. The van der Waals surface area contributed by atoms with Gasteiger partial charge in [-0.2, -0.15) is 0 Å². The minimum absolute atomic E-state index is 0.00194. The quantitative estimate of drug-likeness (QED) is 0.281. The minimum atomic E-state index is -1.12. The number of aliphatic hydroxyl groups excluding tert-OH is 1. The summed E-state index contributed by atoms with van der Waals surface area (Å²) in [7, 11) is 0. The van der Waals surface area contributed by atoms with E-state index >= 15 is 0 Å². The highest BCUT2D eigenvalue weighted by molar-refractivity contribution is 6.05. The summed E-state index contributed by atoms with van der Waals surface area (Å²) < 4.78 is 13.8. The average molecular weight is 518 g/mol. The van der Waals surface area contributed by atoms with Crippen LogP contribution in [0.15, 0.2) is 55.1 Å². The maximum absolute atomic E-state index is 12.7. The minimum Gasteiger partial charge on any atom is -0.491 e. The fourth-order valence-corrected chi connectivity index (χ4v) is 4.59. The van der Waals surface area contributed by atoms with Crippen LogP contribution in [-0.2, 0) is 11.2 Å². The molecule has 0 unspecified atom stereocenters. The molecule has 0 amide bonds. The Morgan fingerprint density at radius 2 is 1.95 bits per heavy atom. The Morgan fingerprint density at radius 3 is 2.74 bits per heavy atom. The molecule has 4 aromatic rings. The Kier molecular flexibility index (Phi) is 7.03. The lowest BCUT2D eigenvalue weighted by Gasteiger charge is -2.17. The second kappa shape index (κ2) is 10.6. The van der Waals surface area contributed by atoms with Gasteiger partial charge in [0.15, 0.2) is 23.5 Å². The summed E-state index contributed by atoms with van der Waals surface area (Å²) in [5.41, 5.74) is 8.80. The number of hydrogen-bond acceptors (Lipinski definition) is 9. The number of anilines is 1. The summed E-state index contributed by atoms with van der Waals surface area (Å²) in [6.07, 6.45) is 1.98. The molecule has 1 saturated heterocycles. The van der Waals surface area contributed by atoms with Crippen molar-refractivity contribution in [3.63, 3.8) is 0 Å². The van der Waals surface area contributed by atoms with E-state index in [1.165, 1.54) is 24.8 Å². The van der Waals surface area contributed by atoms with Crippen molar-refractivity contribution in [1.29, 1.82) is 0 Å². The molecule has 5 rings (SSSR count). The predicted octanol–water partition coefficient (Wildman–Crippen LogP) is 2.96. The molecule has 38 heavy (non-hydrogen) atoms. The molecule has 2 aromatic carbocycles. The van der Waals surface area contributed by atoms with Crippen molar-refractivity contribution in [3.05, 3.63) is 77.4 Å². The number of benzene rings is 2. The fourth-order valence-electron chi connectivity index (χ4n) is 4.59. The number of imidazole rings is 1. The van der Waals surface area contributed by atoms with Gasteiger partial charge in [0.05, 0.1) is 18.0 Å². The molecule has 1 aliphatic rings. The zero-order chi connectivity index (χ0) is 26.8. The summed E-state index contributed by atoms with van der Waals surface area (Å²) in [6, 6.07) is 11.9. The number of Topliss-reactive ketones (excluding diaryl/α,β-unsaturated/α-hetero) is 1. The number of rotatable bonds is 9. The summed E-state index contributed by atoms with van der Waals surface area (Å²) in [5, 5.41) is 20.0. The number of aliphatic hydroxyl groups is 1. The summed E-state index contributed by atoms with van der Waals surface area (Å²) in [4.78, 5) is 36.5. The van der Waals surface area contributed by atoms with Crippen LogP contribution < -0.4 is 10.5 Å². The molecule has 1 fully saturated rings. The van der Waals surface area contributed by atoms with E-state index in [0.29, 0.717) is 29.8 Å². The first-order valence-electron chi connectivity index (χ1n) is 12.2. The summed E-state index contributed by atoms with van der Waals surface area (Å²) >= 11 is 0. The number of aromatic nitrogens is 4. The molecule has 3 atom stereocenters. The molecule has 11 heteroatoms. The van der Waals surface area contributed by atoms with E-state index in [9.17, 15) is 19.8 Å². The first kappa shape index (κ1) is 25.3. The molecule has 196 valence electrons. The van der Waals surface area contributed by atoms with Gasteiger partial charge in [-0.3, -0.25) is 9.36 Å². The number of carboxylic acids is 1. The highest BCUT2D eigenvalue weighted by atomic mass is 16.6. The van der Waals surface area contributed by atoms with Gasteiger partial charge in [0.25, 0.3) is 0 Å². The Bertz CT molecular complexity index is 1500. The third-order valence-electron chi connectivity index (χ3n) is 6.60. The van der Waals surface area contributed by atoms with Crippen LogP contribution in [0.3, 0.4) is 0 Å². The van der Waals surface area contributed by atoms with E-state index in [4.69, 9.17) is 15.2 Å². The van der Waals surface area contributed by atoms with Crippen LogP contribution in [-0.4, -0.2) is 60.3 Å². The molecule has 2 aromatic heterocycles. The Hall–Kier alpha value is -4.35. The van der Waals surface area contributed by atoms with E-state index < -0.39 is 18.3 Å². The fraction of sp³-hybridized carbons (Fsp3) is 0.296. The van der Waals surface area contributed by atoms with Crippen molar-refractivity contribution < 1.29 is 29.3 Å². The SMILES string of the molecule is Cc1ccc(CCC(=O)c2ccccc2C(=O)O)cc1OC[C@@H]1C[C@@H](O)[C@H](n2cnc3c(N)ncnc32)O1. The molecular weight excluding hydrogens is 490 g/mol. The van der Waals surface area contributed by atoms with Gasteiger partial charge in [0.1, 0.15) is 30.3 Å². The first-order valence-corrected chi connectivity index (χ1v) is 12.2. The summed E-state index contributed by atoms with van der Waals surface area (Å²) in [6.45, 7) is 2.13. The van der Waals surface area contributed by atoms with E-state index in [0.717, 1.165) is 11.1 Å². The van der Waals surface area contributed by atoms with Crippen LogP contribution in [0.5, 0.6) is 5.75 Å². The monoisotopic (exact) mass is 517 g/mol. The van der Waals surface area contributed by atoms with Gasteiger partial charge in [-0.25, -0.2) is 19.7 Å².